The Morgan fingerprint density at radius 2 is 1.74 bits per heavy atom. The number of likely N-dealkylation sites (tertiary alicyclic amines) is 1. The maximum Gasteiger partial charge on any atom is 0.254 e. The van der Waals surface area contributed by atoms with Crippen molar-refractivity contribution in [2.75, 3.05) is 17.6 Å². The van der Waals surface area contributed by atoms with Gasteiger partial charge >= 0.3 is 0 Å². The van der Waals surface area contributed by atoms with Gasteiger partial charge < -0.3 is 20.5 Å². The number of nitrogens with two attached hydrogens (primary N) is 1. The number of amides is 2. The lowest BCUT2D eigenvalue weighted by Gasteiger charge is -2.27. The van der Waals surface area contributed by atoms with Crippen molar-refractivity contribution in [2.24, 2.45) is 13.0 Å². The number of fused-ring (bicyclic) bond motifs is 3. The van der Waals surface area contributed by atoms with Gasteiger partial charge in [-0.05, 0) is 67.5 Å². The minimum absolute atomic E-state index is 0.108. The van der Waals surface area contributed by atoms with Gasteiger partial charge in [0.2, 0.25) is 0 Å². The van der Waals surface area contributed by atoms with Crippen molar-refractivity contribution in [1.29, 1.82) is 0 Å². The summed E-state index contributed by atoms with van der Waals surface area (Å²) in [4.78, 5) is 36.1. The van der Waals surface area contributed by atoms with E-state index in [1.54, 1.807) is 6.92 Å². The molecule has 192 valence electrons. The summed E-state index contributed by atoms with van der Waals surface area (Å²) in [7, 11) is 1.95. The van der Waals surface area contributed by atoms with Gasteiger partial charge in [0.1, 0.15) is 17.8 Å². The van der Waals surface area contributed by atoms with Gasteiger partial charge in [0.25, 0.3) is 11.8 Å². The summed E-state index contributed by atoms with van der Waals surface area (Å²) in [6, 6.07) is 15.8. The van der Waals surface area contributed by atoms with Crippen molar-refractivity contribution in [2.45, 2.75) is 32.2 Å². The third-order valence-electron chi connectivity index (χ3n) is 7.89. The molecule has 2 aromatic carbocycles. The van der Waals surface area contributed by atoms with Crippen LogP contribution in [0.15, 0.2) is 67.0 Å². The SMILES string of the molecule is C=C(C)C(=O)Nc1ccc(-c2c(-c3ccc(C(=O)N4CC5CC[C@H]4C5)cc3)c3c(N)ncnc3n2C)cc1. The molecule has 1 aliphatic heterocycles. The molecule has 1 saturated heterocycles. The Hall–Kier alpha value is -4.46. The predicted molar refractivity (Wildman–Crippen MR) is 149 cm³/mol. The van der Waals surface area contributed by atoms with Gasteiger partial charge in [-0.2, -0.15) is 0 Å². The summed E-state index contributed by atoms with van der Waals surface area (Å²) in [5.74, 6) is 0.940. The van der Waals surface area contributed by atoms with E-state index < -0.39 is 0 Å². The Morgan fingerprint density at radius 3 is 2.37 bits per heavy atom. The van der Waals surface area contributed by atoms with Crippen LogP contribution in [0.5, 0.6) is 0 Å². The summed E-state index contributed by atoms with van der Waals surface area (Å²) >= 11 is 0. The Bertz CT molecular complexity index is 1590. The first kappa shape index (κ1) is 23.9. The van der Waals surface area contributed by atoms with Crippen LogP contribution < -0.4 is 11.1 Å². The first-order valence-corrected chi connectivity index (χ1v) is 12.9. The zero-order chi connectivity index (χ0) is 26.6. The van der Waals surface area contributed by atoms with E-state index in [0.29, 0.717) is 34.6 Å². The molecular weight excluding hydrogens is 476 g/mol. The minimum atomic E-state index is -0.220. The molecule has 2 amide bonds. The van der Waals surface area contributed by atoms with Crippen molar-refractivity contribution in [3.05, 3.63) is 72.6 Å². The predicted octanol–water partition coefficient (Wildman–Crippen LogP) is 5.02. The van der Waals surface area contributed by atoms with E-state index in [4.69, 9.17) is 5.73 Å². The Kier molecular flexibility index (Phi) is 5.75. The molecule has 2 aliphatic rings. The van der Waals surface area contributed by atoms with Crippen molar-refractivity contribution in [3.8, 4) is 22.4 Å². The number of piperidine rings is 1. The number of nitrogens with zero attached hydrogens (tertiary/aromatic N) is 4. The van der Waals surface area contributed by atoms with Crippen LogP contribution in [-0.2, 0) is 11.8 Å². The normalized spacial score (nSPS) is 18.2. The maximum atomic E-state index is 13.2. The first-order valence-electron chi connectivity index (χ1n) is 12.9. The number of hydrogen-bond donors (Lipinski definition) is 2. The van der Waals surface area contributed by atoms with Crippen molar-refractivity contribution in [3.63, 3.8) is 0 Å². The third-order valence-corrected chi connectivity index (χ3v) is 7.89. The molecule has 6 rings (SSSR count). The largest absolute Gasteiger partial charge is 0.383 e. The van der Waals surface area contributed by atoms with Gasteiger partial charge in [0.15, 0.2) is 0 Å². The standard InChI is InChI=1S/C30H30N6O2/c1-17(2)29(37)34-22-11-9-20(10-12-22)26-24(25-27(31)32-16-33-28(25)35(26)3)19-5-7-21(8-6-19)30(38)36-15-18-4-13-23(36)14-18/h5-12,16,18,23H,1,4,13-15H2,2-3H3,(H,34,37)(H2,31,32,33)/t18?,23-/m0/s1. The second-order valence-corrected chi connectivity index (χ2v) is 10.4. The molecule has 3 heterocycles. The lowest BCUT2D eigenvalue weighted by atomic mass is 9.97. The molecule has 3 N–H and O–H groups in total. The van der Waals surface area contributed by atoms with Crippen LogP contribution in [0.1, 0.15) is 36.5 Å². The van der Waals surface area contributed by atoms with Crippen molar-refractivity contribution < 1.29 is 9.59 Å². The van der Waals surface area contributed by atoms with Crippen LogP contribution >= 0.6 is 0 Å². The van der Waals surface area contributed by atoms with E-state index >= 15 is 0 Å². The number of anilines is 2. The highest BCUT2D eigenvalue weighted by Gasteiger charge is 2.40. The van der Waals surface area contributed by atoms with Gasteiger partial charge in [-0.15, -0.1) is 0 Å². The highest BCUT2D eigenvalue weighted by molar-refractivity contribution is 6.08. The van der Waals surface area contributed by atoms with Crippen LogP contribution in [0.25, 0.3) is 33.4 Å². The average Bonchev–Trinajstić information content (AvgIpc) is 3.63. The number of aromatic nitrogens is 3. The van der Waals surface area contributed by atoms with Crippen LogP contribution in [-0.4, -0.2) is 43.8 Å². The highest BCUT2D eigenvalue weighted by atomic mass is 16.2. The summed E-state index contributed by atoms with van der Waals surface area (Å²) < 4.78 is 2.00. The zero-order valence-electron chi connectivity index (χ0n) is 21.6. The van der Waals surface area contributed by atoms with Gasteiger partial charge in [-0.3, -0.25) is 9.59 Å². The molecule has 0 spiro atoms. The first-order chi connectivity index (χ1) is 18.3. The molecule has 8 heteroatoms. The number of rotatable bonds is 5. The molecule has 2 fully saturated rings. The molecule has 2 bridgehead atoms. The topological polar surface area (TPSA) is 106 Å². The fourth-order valence-electron chi connectivity index (χ4n) is 5.96. The fraction of sp³-hybridized carbons (Fsp3) is 0.267. The summed E-state index contributed by atoms with van der Waals surface area (Å²) in [5.41, 5.74) is 12.6. The Labute approximate surface area is 221 Å². The summed E-state index contributed by atoms with van der Waals surface area (Å²) in [5, 5.41) is 3.61. The molecule has 38 heavy (non-hydrogen) atoms. The lowest BCUT2D eigenvalue weighted by Crippen LogP contribution is -2.37. The van der Waals surface area contributed by atoms with E-state index in [1.807, 2.05) is 65.0 Å². The highest BCUT2D eigenvalue weighted by Crippen LogP contribution is 2.42. The number of nitrogen functional groups attached to an aromatic ring is 1. The van der Waals surface area contributed by atoms with E-state index in [2.05, 4.69) is 21.9 Å². The summed E-state index contributed by atoms with van der Waals surface area (Å²) in [6.07, 6.45) is 4.95. The summed E-state index contributed by atoms with van der Waals surface area (Å²) in [6.45, 7) is 6.23. The number of hydrogen-bond acceptors (Lipinski definition) is 5. The molecule has 4 aromatic rings. The number of carbonyl (C=O) groups is 2. The van der Waals surface area contributed by atoms with Gasteiger partial charge in [-0.1, -0.05) is 30.8 Å². The second kappa shape index (κ2) is 9.13. The van der Waals surface area contributed by atoms with Crippen LogP contribution in [0.3, 0.4) is 0 Å². The van der Waals surface area contributed by atoms with Gasteiger partial charge in [-0.25, -0.2) is 9.97 Å². The Morgan fingerprint density at radius 1 is 1.03 bits per heavy atom. The lowest BCUT2D eigenvalue weighted by molar-refractivity contribution is -0.112. The number of aryl methyl sites for hydroxylation is 1. The van der Waals surface area contributed by atoms with Gasteiger partial charge in [0.05, 0.1) is 11.1 Å². The monoisotopic (exact) mass is 506 g/mol. The minimum Gasteiger partial charge on any atom is -0.383 e. The molecule has 8 nitrogen and oxygen atoms in total. The number of nitrogens with one attached hydrogen (secondary N) is 1. The van der Waals surface area contributed by atoms with E-state index in [0.717, 1.165) is 52.8 Å². The van der Waals surface area contributed by atoms with Crippen molar-refractivity contribution >= 4 is 34.4 Å². The molecular formula is C30H30N6O2. The van der Waals surface area contributed by atoms with Crippen LogP contribution in [0.2, 0.25) is 0 Å². The molecule has 2 atom stereocenters. The third kappa shape index (κ3) is 3.93. The quantitative estimate of drug-likeness (QED) is 0.370. The fourth-order valence-corrected chi connectivity index (χ4v) is 5.96. The number of benzene rings is 2. The van der Waals surface area contributed by atoms with E-state index in [1.165, 1.54) is 12.7 Å². The smallest absolute Gasteiger partial charge is 0.254 e. The van der Waals surface area contributed by atoms with E-state index in [-0.39, 0.29) is 11.8 Å². The zero-order valence-corrected chi connectivity index (χ0v) is 21.6. The molecule has 1 saturated carbocycles. The van der Waals surface area contributed by atoms with Gasteiger partial charge in [0, 0.05) is 42.0 Å². The van der Waals surface area contributed by atoms with Crippen molar-refractivity contribution in [1.82, 2.24) is 19.4 Å². The molecule has 1 aliphatic carbocycles. The molecule has 1 unspecified atom stereocenters. The maximum absolute atomic E-state index is 13.2. The van der Waals surface area contributed by atoms with E-state index in [9.17, 15) is 9.59 Å². The van der Waals surface area contributed by atoms with Crippen LogP contribution in [0.4, 0.5) is 11.5 Å². The Balaban J connectivity index is 1.40. The molecule has 2 aromatic heterocycles. The second-order valence-electron chi connectivity index (χ2n) is 10.4. The average molecular weight is 507 g/mol. The van der Waals surface area contributed by atoms with Crippen LogP contribution in [0, 0.1) is 5.92 Å². The number of carbonyl (C=O) groups excluding carboxylic acids is 2. The molecule has 0 radical (unpaired) electrons.